The van der Waals surface area contributed by atoms with Crippen molar-refractivity contribution in [3.05, 3.63) is 240 Å². The summed E-state index contributed by atoms with van der Waals surface area (Å²) in [5.74, 6) is 0. The van der Waals surface area contributed by atoms with Gasteiger partial charge in [-0.3, -0.25) is 0 Å². The van der Waals surface area contributed by atoms with Crippen molar-refractivity contribution in [2.45, 2.75) is 21.5 Å². The number of aliphatic imine (C=N–C) groups is 1. The van der Waals surface area contributed by atoms with Crippen LogP contribution in [0.1, 0.15) is 39.7 Å². The first kappa shape index (κ1) is 33.1. The van der Waals surface area contributed by atoms with Crippen LogP contribution >= 0.6 is 11.8 Å². The number of rotatable bonds is 4. The molecule has 3 aliphatic heterocycles. The number of benzene rings is 8. The van der Waals surface area contributed by atoms with E-state index in [-0.39, 0.29) is 6.29 Å². The van der Waals surface area contributed by atoms with E-state index < -0.39 is 5.41 Å². The summed E-state index contributed by atoms with van der Waals surface area (Å²) in [6.45, 7) is 0. The number of nitrogens with one attached hydrogen (secondary N) is 1. The number of nitrogens with zero attached hydrogens (tertiary/aromatic N) is 3. The molecule has 0 saturated carbocycles. The highest BCUT2D eigenvalue weighted by Crippen LogP contribution is 2.63. The summed E-state index contributed by atoms with van der Waals surface area (Å²) in [6.07, 6.45) is 1.80. The smallest absolute Gasteiger partial charge is 0.201 e. The van der Waals surface area contributed by atoms with E-state index in [0.29, 0.717) is 0 Å². The van der Waals surface area contributed by atoms with Gasteiger partial charge in [0, 0.05) is 31.9 Å². The van der Waals surface area contributed by atoms with Crippen molar-refractivity contribution < 1.29 is 0 Å². The molecule has 1 atom stereocenters. The summed E-state index contributed by atoms with van der Waals surface area (Å²) < 4.78 is 2.41. The third kappa shape index (κ3) is 4.80. The third-order valence-corrected chi connectivity index (χ3v) is 13.2. The zero-order valence-corrected chi connectivity index (χ0v) is 32.3. The van der Waals surface area contributed by atoms with Crippen molar-refractivity contribution >= 4 is 62.0 Å². The van der Waals surface area contributed by atoms with Gasteiger partial charge in [0.2, 0.25) is 6.29 Å². The molecule has 58 heavy (non-hydrogen) atoms. The molecule has 0 amide bonds. The highest BCUT2D eigenvalue weighted by atomic mass is 32.2. The van der Waals surface area contributed by atoms with E-state index in [4.69, 9.17) is 4.99 Å². The molecule has 0 fully saturated rings. The first-order valence-corrected chi connectivity index (χ1v) is 20.6. The highest BCUT2D eigenvalue weighted by molar-refractivity contribution is 7.99. The van der Waals surface area contributed by atoms with Crippen LogP contribution in [0.3, 0.4) is 0 Å². The van der Waals surface area contributed by atoms with Gasteiger partial charge in [-0.1, -0.05) is 163 Å². The van der Waals surface area contributed by atoms with Crippen molar-refractivity contribution in [3.8, 4) is 0 Å². The Labute approximate surface area is 341 Å². The Hall–Kier alpha value is -7.08. The van der Waals surface area contributed by atoms with Crippen molar-refractivity contribution in [2.75, 3.05) is 4.90 Å². The van der Waals surface area contributed by atoms with Crippen LogP contribution in [0.4, 0.5) is 17.1 Å². The monoisotopic (exact) mass is 760 g/mol. The molecule has 0 bridgehead atoms. The molecule has 8 aromatic carbocycles. The number of fused-ring (bicyclic) bond motifs is 11. The van der Waals surface area contributed by atoms with Crippen molar-refractivity contribution in [1.82, 2.24) is 9.88 Å². The van der Waals surface area contributed by atoms with Gasteiger partial charge in [-0.15, -0.1) is 0 Å². The minimum absolute atomic E-state index is 0.388. The van der Waals surface area contributed by atoms with Crippen molar-refractivity contribution in [1.29, 1.82) is 0 Å². The summed E-state index contributed by atoms with van der Waals surface area (Å²) in [4.78, 5) is 10.4. The Balaban J connectivity index is 1.14. The molecule has 1 spiro atoms. The predicted molar refractivity (Wildman–Crippen MR) is 240 cm³/mol. The minimum Gasteiger partial charge on any atom is -0.346 e. The number of para-hydroxylation sites is 4. The topological polar surface area (TPSA) is 32.6 Å². The van der Waals surface area contributed by atoms with Gasteiger partial charge in [0.15, 0.2) is 0 Å². The summed E-state index contributed by atoms with van der Waals surface area (Å²) in [5.41, 5.74) is 14.6. The van der Waals surface area contributed by atoms with E-state index in [1.165, 1.54) is 54.2 Å². The summed E-state index contributed by atoms with van der Waals surface area (Å²) in [6, 6.07) is 72.8. The lowest BCUT2D eigenvalue weighted by atomic mass is 9.62. The fourth-order valence-electron chi connectivity index (χ4n) is 9.67. The Morgan fingerprint density at radius 2 is 1.07 bits per heavy atom. The largest absolute Gasteiger partial charge is 0.346 e. The highest BCUT2D eigenvalue weighted by Gasteiger charge is 2.50. The first-order chi connectivity index (χ1) is 28.8. The molecule has 1 N–H and O–H groups in total. The van der Waals surface area contributed by atoms with Crippen LogP contribution in [-0.4, -0.2) is 10.3 Å². The van der Waals surface area contributed by atoms with E-state index in [9.17, 15) is 0 Å². The number of aromatic nitrogens is 1. The van der Waals surface area contributed by atoms with Crippen molar-refractivity contribution in [3.63, 3.8) is 0 Å². The molecule has 0 radical (unpaired) electrons. The number of hydrogen-bond donors (Lipinski definition) is 1. The Kier molecular flexibility index (Phi) is 7.41. The second kappa shape index (κ2) is 13.0. The number of allylic oxidation sites excluding steroid dienone is 1. The maximum absolute atomic E-state index is 5.48. The second-order valence-corrected chi connectivity index (χ2v) is 16.2. The zero-order chi connectivity index (χ0) is 38.2. The molecule has 4 nitrogen and oxygen atoms in total. The standard InChI is InChI=1S/C53H36N4S/c1-4-18-35(19-5-1)44-33-45(36-20-6-2-7-21-36)55-52(54-44)57-46-28-14-10-24-38(46)39-32-43-51(34-49(39)57)58-50-31-17-13-27-42(50)53(43)40-25-11-15-29-47(40)56(37-22-8-3-9-23-37)48-30-16-12-26-41(48)53/h1-34,52,54H. The average Bonchev–Trinajstić information content (AvgIpc) is 3.62. The molecule has 0 saturated heterocycles. The van der Waals surface area contributed by atoms with Gasteiger partial charge >= 0.3 is 0 Å². The van der Waals surface area contributed by atoms with Gasteiger partial charge in [0.1, 0.15) is 0 Å². The van der Waals surface area contributed by atoms with Crippen LogP contribution in [0, 0.1) is 0 Å². The van der Waals surface area contributed by atoms with Gasteiger partial charge < -0.3 is 14.8 Å². The molecule has 9 aromatic rings. The van der Waals surface area contributed by atoms with Gasteiger partial charge in [0.05, 0.1) is 33.5 Å². The van der Waals surface area contributed by atoms with Crippen LogP contribution in [-0.2, 0) is 5.41 Å². The quantitative estimate of drug-likeness (QED) is 0.194. The molecular weight excluding hydrogens is 725 g/mol. The predicted octanol–water partition coefficient (Wildman–Crippen LogP) is 13.0. The molecule has 4 heterocycles. The molecule has 3 aliphatic rings. The van der Waals surface area contributed by atoms with E-state index in [1.54, 1.807) is 0 Å². The molecule has 274 valence electrons. The molecule has 5 heteroatoms. The van der Waals surface area contributed by atoms with E-state index in [2.05, 4.69) is 221 Å². The lowest BCUT2D eigenvalue weighted by molar-refractivity contribution is 0.508. The van der Waals surface area contributed by atoms with Crippen LogP contribution in [0.25, 0.3) is 27.5 Å². The lowest BCUT2D eigenvalue weighted by Gasteiger charge is -2.49. The average molecular weight is 761 g/mol. The van der Waals surface area contributed by atoms with E-state index in [1.807, 2.05) is 11.8 Å². The maximum Gasteiger partial charge on any atom is 0.201 e. The zero-order valence-electron chi connectivity index (χ0n) is 31.5. The Morgan fingerprint density at radius 3 is 1.79 bits per heavy atom. The summed E-state index contributed by atoms with van der Waals surface area (Å²) in [7, 11) is 0. The van der Waals surface area contributed by atoms with Gasteiger partial charge in [-0.25, -0.2) is 4.99 Å². The SMILES string of the molecule is C1=C(c2ccccc2)NC(n2c3ccccc3c3cc4c(cc32)Sc2ccccc2C42c3ccccc3N(c3ccccc3)c3ccccc32)N=C1c1ccccc1. The second-order valence-electron chi connectivity index (χ2n) is 15.1. The minimum atomic E-state index is -0.571. The molecule has 1 aromatic heterocycles. The fraction of sp³-hybridized carbons (Fsp3) is 0.0377. The van der Waals surface area contributed by atoms with E-state index in [0.717, 1.165) is 39.3 Å². The molecule has 0 aliphatic carbocycles. The fourth-order valence-corrected chi connectivity index (χ4v) is 10.9. The van der Waals surface area contributed by atoms with E-state index >= 15 is 0 Å². The van der Waals surface area contributed by atoms with Crippen LogP contribution in [0.15, 0.2) is 221 Å². The third-order valence-electron chi connectivity index (χ3n) is 12.1. The molecular formula is C53H36N4S. The van der Waals surface area contributed by atoms with Crippen molar-refractivity contribution in [2.24, 2.45) is 4.99 Å². The summed E-state index contributed by atoms with van der Waals surface area (Å²) >= 11 is 1.88. The van der Waals surface area contributed by atoms with Crippen LogP contribution in [0.2, 0.25) is 0 Å². The molecule has 1 unspecified atom stereocenters. The Bertz CT molecular complexity index is 3080. The molecule has 12 rings (SSSR count). The Morgan fingerprint density at radius 1 is 0.483 bits per heavy atom. The normalized spacial score (nSPS) is 16.1. The van der Waals surface area contributed by atoms with Crippen LogP contribution < -0.4 is 10.2 Å². The first-order valence-electron chi connectivity index (χ1n) is 19.8. The van der Waals surface area contributed by atoms with Crippen LogP contribution in [0.5, 0.6) is 0 Å². The van der Waals surface area contributed by atoms with Gasteiger partial charge in [-0.05, 0) is 88.0 Å². The van der Waals surface area contributed by atoms with Gasteiger partial charge in [0.25, 0.3) is 0 Å². The number of anilines is 3. The maximum atomic E-state index is 5.48. The lowest BCUT2D eigenvalue weighted by Crippen LogP contribution is -2.39. The summed E-state index contributed by atoms with van der Waals surface area (Å²) in [5, 5.41) is 6.30. The van der Waals surface area contributed by atoms with Gasteiger partial charge in [-0.2, -0.15) is 0 Å². The number of hydrogen-bond acceptors (Lipinski definition) is 4.